The van der Waals surface area contributed by atoms with Crippen molar-refractivity contribution in [3.8, 4) is 0 Å². The quantitative estimate of drug-likeness (QED) is 0.888. The number of benzene rings is 1. The van der Waals surface area contributed by atoms with Crippen molar-refractivity contribution in [2.45, 2.75) is 39.7 Å². The molecule has 1 aromatic carbocycles. The minimum atomic E-state index is -1.01. The van der Waals surface area contributed by atoms with Gasteiger partial charge in [-0.05, 0) is 56.9 Å². The van der Waals surface area contributed by atoms with Crippen molar-refractivity contribution in [2.24, 2.45) is 11.8 Å². The molecule has 2 N–H and O–H groups in total. The highest BCUT2D eigenvalue weighted by molar-refractivity contribution is 5.96. The molecular formula is C19H30N2O3. The third-order valence-corrected chi connectivity index (χ3v) is 4.26. The Morgan fingerprint density at radius 2 is 1.71 bits per heavy atom. The van der Waals surface area contributed by atoms with Crippen LogP contribution in [-0.4, -0.2) is 48.1 Å². The van der Waals surface area contributed by atoms with E-state index in [0.29, 0.717) is 5.56 Å². The van der Waals surface area contributed by atoms with Crippen molar-refractivity contribution in [2.75, 3.05) is 20.1 Å². The van der Waals surface area contributed by atoms with Crippen molar-refractivity contribution in [3.63, 3.8) is 0 Å². The van der Waals surface area contributed by atoms with Gasteiger partial charge in [0.05, 0.1) is 0 Å². The topological polar surface area (TPSA) is 69.6 Å². The van der Waals surface area contributed by atoms with Crippen LogP contribution < -0.4 is 5.32 Å². The van der Waals surface area contributed by atoms with Crippen molar-refractivity contribution in [1.29, 1.82) is 0 Å². The third kappa shape index (κ3) is 7.13. The summed E-state index contributed by atoms with van der Waals surface area (Å²) in [5, 5.41) is 11.4. The van der Waals surface area contributed by atoms with E-state index < -0.39 is 12.0 Å². The van der Waals surface area contributed by atoms with Gasteiger partial charge >= 0.3 is 5.97 Å². The van der Waals surface area contributed by atoms with E-state index in [-0.39, 0.29) is 11.8 Å². The van der Waals surface area contributed by atoms with E-state index in [1.54, 1.807) is 44.2 Å². The summed E-state index contributed by atoms with van der Waals surface area (Å²) in [6.45, 7) is 8.46. The molecule has 134 valence electrons. The number of nitrogens with one attached hydrogen (secondary N) is 1. The molecule has 1 fully saturated rings. The van der Waals surface area contributed by atoms with E-state index in [9.17, 15) is 9.59 Å². The maximum Gasteiger partial charge on any atom is 0.326 e. The Morgan fingerprint density at radius 1 is 1.17 bits per heavy atom. The summed E-state index contributed by atoms with van der Waals surface area (Å²) in [4.78, 5) is 25.0. The van der Waals surface area contributed by atoms with Gasteiger partial charge in [0.1, 0.15) is 6.04 Å². The Morgan fingerprint density at radius 3 is 2.12 bits per heavy atom. The summed E-state index contributed by atoms with van der Waals surface area (Å²) < 4.78 is 0. The number of piperidine rings is 1. The lowest BCUT2D eigenvalue weighted by atomic mass is 10.00. The molecule has 1 atom stereocenters. The lowest BCUT2D eigenvalue weighted by Crippen LogP contribution is -2.44. The summed E-state index contributed by atoms with van der Waals surface area (Å²) in [5.41, 5.74) is 0.467. The number of amides is 1. The van der Waals surface area contributed by atoms with Crippen LogP contribution in [0, 0.1) is 11.8 Å². The first-order chi connectivity index (χ1) is 11.3. The molecule has 0 aliphatic carbocycles. The maximum atomic E-state index is 11.7. The fourth-order valence-corrected chi connectivity index (χ4v) is 2.47. The van der Waals surface area contributed by atoms with Crippen LogP contribution in [0.5, 0.6) is 0 Å². The fraction of sp³-hybridized carbons (Fsp3) is 0.579. The van der Waals surface area contributed by atoms with Crippen molar-refractivity contribution >= 4 is 11.9 Å². The molecule has 0 aromatic heterocycles. The van der Waals surface area contributed by atoms with E-state index in [2.05, 4.69) is 24.2 Å². The molecule has 0 saturated carbocycles. The zero-order valence-corrected chi connectivity index (χ0v) is 15.2. The van der Waals surface area contributed by atoms with E-state index in [4.69, 9.17) is 5.11 Å². The molecule has 1 amide bonds. The van der Waals surface area contributed by atoms with Gasteiger partial charge in [-0.15, -0.1) is 0 Å². The Hall–Kier alpha value is -1.88. The maximum absolute atomic E-state index is 11.7. The molecule has 0 radical (unpaired) electrons. The lowest BCUT2D eigenvalue weighted by Gasteiger charge is -2.26. The highest BCUT2D eigenvalue weighted by atomic mass is 16.4. The van der Waals surface area contributed by atoms with Crippen LogP contribution in [-0.2, 0) is 4.79 Å². The van der Waals surface area contributed by atoms with Gasteiger partial charge in [0.2, 0.25) is 0 Å². The number of likely N-dealkylation sites (tertiary alicyclic amines) is 1. The van der Waals surface area contributed by atoms with Gasteiger partial charge in [-0.25, -0.2) is 4.79 Å². The zero-order valence-electron chi connectivity index (χ0n) is 15.2. The SMILES string of the molecule is CC(C)C(NC(=O)c1ccccc1)C(=O)O.CC1CCN(C)CC1. The first kappa shape index (κ1) is 20.2. The van der Waals surface area contributed by atoms with Gasteiger partial charge < -0.3 is 15.3 Å². The molecule has 5 nitrogen and oxygen atoms in total. The molecule has 1 aliphatic rings. The van der Waals surface area contributed by atoms with Gasteiger partial charge in [-0.3, -0.25) is 4.79 Å². The van der Waals surface area contributed by atoms with Crippen LogP contribution in [0.25, 0.3) is 0 Å². The van der Waals surface area contributed by atoms with Crippen molar-refractivity contribution in [3.05, 3.63) is 35.9 Å². The molecule has 0 spiro atoms. The van der Waals surface area contributed by atoms with Gasteiger partial charge in [0, 0.05) is 5.56 Å². The predicted molar refractivity (Wildman–Crippen MR) is 96.1 cm³/mol. The Labute approximate surface area is 145 Å². The summed E-state index contributed by atoms with van der Waals surface area (Å²) in [6, 6.07) is 7.71. The molecule has 2 rings (SSSR count). The average Bonchev–Trinajstić information content (AvgIpc) is 2.56. The van der Waals surface area contributed by atoms with Gasteiger partial charge in [0.15, 0.2) is 0 Å². The highest BCUT2D eigenvalue weighted by Crippen LogP contribution is 2.13. The zero-order chi connectivity index (χ0) is 18.1. The Balaban J connectivity index is 0.000000300. The number of carbonyl (C=O) groups excluding carboxylic acids is 1. The molecule has 1 saturated heterocycles. The molecule has 1 heterocycles. The molecule has 24 heavy (non-hydrogen) atoms. The van der Waals surface area contributed by atoms with Crippen LogP contribution in [0.1, 0.15) is 44.0 Å². The molecule has 1 unspecified atom stereocenters. The number of aliphatic carboxylic acids is 1. The van der Waals surface area contributed by atoms with Gasteiger partial charge in [-0.1, -0.05) is 39.0 Å². The molecule has 5 heteroatoms. The van der Waals surface area contributed by atoms with Crippen molar-refractivity contribution in [1.82, 2.24) is 10.2 Å². The molecule has 1 aliphatic heterocycles. The highest BCUT2D eigenvalue weighted by Gasteiger charge is 2.23. The number of nitrogens with zero attached hydrogens (tertiary/aromatic N) is 1. The van der Waals surface area contributed by atoms with E-state index in [1.165, 1.54) is 25.9 Å². The number of carboxylic acid groups (broad SMARTS) is 1. The van der Waals surface area contributed by atoms with Crippen LogP contribution in [0.3, 0.4) is 0 Å². The largest absolute Gasteiger partial charge is 0.480 e. The Kier molecular flexibility index (Phi) is 8.47. The summed E-state index contributed by atoms with van der Waals surface area (Å²) in [6.07, 6.45) is 2.80. The number of hydrogen-bond donors (Lipinski definition) is 2. The van der Waals surface area contributed by atoms with Gasteiger partial charge in [0.25, 0.3) is 5.91 Å². The van der Waals surface area contributed by atoms with E-state index in [1.807, 2.05) is 0 Å². The second-order valence-corrected chi connectivity index (χ2v) is 6.89. The van der Waals surface area contributed by atoms with E-state index >= 15 is 0 Å². The first-order valence-corrected chi connectivity index (χ1v) is 8.58. The summed E-state index contributed by atoms with van der Waals surface area (Å²) in [7, 11) is 2.20. The number of hydrogen-bond acceptors (Lipinski definition) is 3. The first-order valence-electron chi connectivity index (χ1n) is 8.58. The second kappa shape index (κ2) is 10.1. The van der Waals surface area contributed by atoms with Crippen molar-refractivity contribution < 1.29 is 14.7 Å². The smallest absolute Gasteiger partial charge is 0.326 e. The predicted octanol–water partition coefficient (Wildman–Crippen LogP) is 2.87. The lowest BCUT2D eigenvalue weighted by molar-refractivity contribution is -0.140. The molecule has 1 aromatic rings. The van der Waals surface area contributed by atoms with Gasteiger partial charge in [-0.2, -0.15) is 0 Å². The van der Waals surface area contributed by atoms with Crippen LogP contribution in [0.2, 0.25) is 0 Å². The van der Waals surface area contributed by atoms with Crippen LogP contribution >= 0.6 is 0 Å². The minimum Gasteiger partial charge on any atom is -0.480 e. The van der Waals surface area contributed by atoms with Crippen LogP contribution in [0.4, 0.5) is 0 Å². The Bertz CT molecular complexity index is 499. The van der Waals surface area contributed by atoms with Crippen LogP contribution in [0.15, 0.2) is 30.3 Å². The standard InChI is InChI=1S/C12H15NO3.C7H15N/c1-8(2)10(12(15)16)13-11(14)9-6-4-3-5-7-9;1-7-3-5-8(2)6-4-7/h3-8,10H,1-2H3,(H,13,14)(H,15,16);7H,3-6H2,1-2H3. The second-order valence-electron chi connectivity index (χ2n) is 6.89. The molecular weight excluding hydrogens is 304 g/mol. The fourth-order valence-electron chi connectivity index (χ4n) is 2.47. The third-order valence-electron chi connectivity index (χ3n) is 4.26. The normalized spacial score (nSPS) is 16.9. The number of carboxylic acids is 1. The van der Waals surface area contributed by atoms with E-state index in [0.717, 1.165) is 5.92 Å². The number of rotatable bonds is 4. The average molecular weight is 334 g/mol. The minimum absolute atomic E-state index is 0.148. The molecule has 0 bridgehead atoms. The summed E-state index contributed by atoms with van der Waals surface area (Å²) >= 11 is 0. The monoisotopic (exact) mass is 334 g/mol. The summed E-state index contributed by atoms with van der Waals surface area (Å²) in [5.74, 6) is -0.544. The number of carbonyl (C=O) groups is 2.